The molecule has 1 aromatic rings. The van der Waals surface area contributed by atoms with Gasteiger partial charge in [0.1, 0.15) is 6.29 Å². The first-order valence-electron chi connectivity index (χ1n) is 5.20. The molecule has 0 spiro atoms. The molecule has 0 heterocycles. The summed E-state index contributed by atoms with van der Waals surface area (Å²) in [6.07, 6.45) is 6.04. The number of allylic oxidation sites excluding steroid dienone is 5. The number of benzene rings is 1. The maximum Gasteiger partial charge on any atom is 0.150 e. The highest BCUT2D eigenvalue weighted by molar-refractivity contribution is 5.79. The predicted octanol–water partition coefficient (Wildman–Crippen LogP) is 3.71. The molecular formula is C15H16O. The van der Waals surface area contributed by atoms with Crippen molar-refractivity contribution in [1.82, 2.24) is 0 Å². The van der Waals surface area contributed by atoms with Gasteiger partial charge in [-0.3, -0.25) is 4.79 Å². The molecule has 0 aromatic heterocycles. The van der Waals surface area contributed by atoms with Crippen molar-refractivity contribution in [2.24, 2.45) is 0 Å². The van der Waals surface area contributed by atoms with Gasteiger partial charge in [-0.2, -0.15) is 0 Å². The van der Waals surface area contributed by atoms with E-state index in [4.69, 9.17) is 0 Å². The van der Waals surface area contributed by atoms with Crippen LogP contribution in [-0.2, 0) is 4.79 Å². The van der Waals surface area contributed by atoms with Crippen LogP contribution in [0.1, 0.15) is 18.1 Å². The number of hydrogen-bond acceptors (Lipinski definition) is 1. The molecule has 0 fully saturated rings. The van der Waals surface area contributed by atoms with Crippen molar-refractivity contribution in [3.8, 4) is 0 Å². The Hall–Kier alpha value is -1.89. The van der Waals surface area contributed by atoms with Gasteiger partial charge < -0.3 is 0 Å². The zero-order chi connectivity index (χ0) is 12.0. The Morgan fingerprint density at radius 3 is 2.31 bits per heavy atom. The maximum absolute atomic E-state index is 10.6. The van der Waals surface area contributed by atoms with Crippen LogP contribution in [0.5, 0.6) is 0 Å². The average Bonchev–Trinajstić information content (AvgIpc) is 2.31. The fourth-order valence-corrected chi connectivity index (χ4v) is 1.29. The molecule has 0 radical (unpaired) electrons. The quantitative estimate of drug-likeness (QED) is 0.422. The van der Waals surface area contributed by atoms with Gasteiger partial charge in [0.05, 0.1) is 0 Å². The number of carbonyl (C=O) groups excluding carboxylic acids is 1. The zero-order valence-corrected chi connectivity index (χ0v) is 9.73. The standard InChI is InChI=1S/C15H16O/c1-4-14(11-16)8-7-13(3)15-9-5-12(2)6-10-15/h4-11H,1H2,2-3H3/b13-7+,14-8+. The lowest BCUT2D eigenvalue weighted by atomic mass is 10.0. The van der Waals surface area contributed by atoms with E-state index in [9.17, 15) is 4.79 Å². The van der Waals surface area contributed by atoms with Crippen LogP contribution in [0, 0.1) is 6.92 Å². The molecule has 0 N–H and O–H groups in total. The van der Waals surface area contributed by atoms with Crippen LogP contribution >= 0.6 is 0 Å². The molecule has 1 rings (SSSR count). The second-order valence-electron chi connectivity index (χ2n) is 3.70. The number of rotatable bonds is 4. The lowest BCUT2D eigenvalue weighted by molar-refractivity contribution is -0.104. The topological polar surface area (TPSA) is 17.1 Å². The minimum atomic E-state index is 0.589. The highest BCUT2D eigenvalue weighted by Gasteiger charge is 1.93. The van der Waals surface area contributed by atoms with Crippen LogP contribution in [0.3, 0.4) is 0 Å². The van der Waals surface area contributed by atoms with Gasteiger partial charge in [0.25, 0.3) is 0 Å². The zero-order valence-electron chi connectivity index (χ0n) is 9.73. The molecule has 16 heavy (non-hydrogen) atoms. The summed E-state index contributed by atoms with van der Waals surface area (Å²) in [4.78, 5) is 10.6. The summed E-state index contributed by atoms with van der Waals surface area (Å²) in [5.41, 5.74) is 4.12. The van der Waals surface area contributed by atoms with E-state index in [1.807, 2.05) is 13.0 Å². The van der Waals surface area contributed by atoms with Crippen molar-refractivity contribution in [1.29, 1.82) is 0 Å². The van der Waals surface area contributed by atoms with Crippen LogP contribution in [0.25, 0.3) is 5.57 Å². The van der Waals surface area contributed by atoms with Crippen LogP contribution in [0.15, 0.2) is 54.6 Å². The van der Waals surface area contributed by atoms with Crippen LogP contribution in [0.4, 0.5) is 0 Å². The van der Waals surface area contributed by atoms with E-state index < -0.39 is 0 Å². The van der Waals surface area contributed by atoms with E-state index in [0.29, 0.717) is 5.57 Å². The maximum atomic E-state index is 10.6. The number of aryl methyl sites for hydroxylation is 1. The highest BCUT2D eigenvalue weighted by atomic mass is 16.1. The van der Waals surface area contributed by atoms with Crippen LogP contribution in [0.2, 0.25) is 0 Å². The van der Waals surface area contributed by atoms with Gasteiger partial charge in [0, 0.05) is 5.57 Å². The van der Waals surface area contributed by atoms with E-state index in [1.165, 1.54) is 5.56 Å². The minimum absolute atomic E-state index is 0.589. The summed E-state index contributed by atoms with van der Waals surface area (Å²) in [5, 5.41) is 0. The van der Waals surface area contributed by atoms with Gasteiger partial charge >= 0.3 is 0 Å². The summed E-state index contributed by atoms with van der Waals surface area (Å²) in [6.45, 7) is 7.65. The van der Waals surface area contributed by atoms with Crippen molar-refractivity contribution >= 4 is 11.9 Å². The first-order valence-corrected chi connectivity index (χ1v) is 5.20. The summed E-state index contributed by atoms with van der Waals surface area (Å²) in [5.74, 6) is 0. The normalized spacial score (nSPS) is 12.4. The Balaban J connectivity index is 2.93. The fourth-order valence-electron chi connectivity index (χ4n) is 1.29. The molecule has 0 aliphatic rings. The lowest BCUT2D eigenvalue weighted by Crippen LogP contribution is -1.81. The molecule has 0 saturated heterocycles. The van der Waals surface area contributed by atoms with Crippen molar-refractivity contribution < 1.29 is 4.79 Å². The third-order valence-electron chi connectivity index (χ3n) is 2.40. The molecule has 0 bridgehead atoms. The average molecular weight is 212 g/mol. The fraction of sp³-hybridized carbons (Fsp3) is 0.133. The van der Waals surface area contributed by atoms with E-state index in [2.05, 4.69) is 37.8 Å². The minimum Gasteiger partial charge on any atom is -0.298 e. The van der Waals surface area contributed by atoms with Gasteiger partial charge in [-0.1, -0.05) is 54.6 Å². The largest absolute Gasteiger partial charge is 0.298 e. The van der Waals surface area contributed by atoms with E-state index >= 15 is 0 Å². The first kappa shape index (κ1) is 12.2. The third kappa shape index (κ3) is 3.35. The summed E-state index contributed by atoms with van der Waals surface area (Å²) in [6, 6.07) is 8.29. The predicted molar refractivity (Wildman–Crippen MR) is 69.2 cm³/mol. The van der Waals surface area contributed by atoms with Gasteiger partial charge in [0.15, 0.2) is 0 Å². The smallest absolute Gasteiger partial charge is 0.150 e. The monoisotopic (exact) mass is 212 g/mol. The van der Waals surface area contributed by atoms with Gasteiger partial charge in [-0.05, 0) is 25.0 Å². The molecule has 1 heteroatoms. The first-order chi connectivity index (χ1) is 7.67. The summed E-state index contributed by atoms with van der Waals surface area (Å²) >= 11 is 0. The molecule has 0 saturated carbocycles. The third-order valence-corrected chi connectivity index (χ3v) is 2.40. The molecule has 0 aliphatic carbocycles. The molecule has 0 aliphatic heterocycles. The lowest BCUT2D eigenvalue weighted by Gasteiger charge is -2.00. The van der Waals surface area contributed by atoms with Crippen molar-refractivity contribution in [3.63, 3.8) is 0 Å². The number of aldehydes is 1. The van der Waals surface area contributed by atoms with E-state index in [0.717, 1.165) is 17.4 Å². The van der Waals surface area contributed by atoms with Crippen molar-refractivity contribution in [2.75, 3.05) is 0 Å². The Kier molecular flexibility index (Phi) is 4.46. The second kappa shape index (κ2) is 5.86. The Morgan fingerprint density at radius 1 is 1.19 bits per heavy atom. The van der Waals surface area contributed by atoms with Crippen LogP contribution in [-0.4, -0.2) is 6.29 Å². The van der Waals surface area contributed by atoms with Gasteiger partial charge in [-0.25, -0.2) is 0 Å². The molecule has 1 aromatic carbocycles. The van der Waals surface area contributed by atoms with Crippen molar-refractivity contribution in [2.45, 2.75) is 13.8 Å². The Morgan fingerprint density at radius 2 is 1.81 bits per heavy atom. The van der Waals surface area contributed by atoms with E-state index in [1.54, 1.807) is 12.2 Å². The summed E-state index contributed by atoms with van der Waals surface area (Å²) < 4.78 is 0. The van der Waals surface area contributed by atoms with Crippen molar-refractivity contribution in [3.05, 3.63) is 65.8 Å². The van der Waals surface area contributed by atoms with Crippen LogP contribution < -0.4 is 0 Å². The molecule has 1 nitrogen and oxygen atoms in total. The Bertz CT molecular complexity index is 423. The van der Waals surface area contributed by atoms with Gasteiger partial charge in [0.2, 0.25) is 0 Å². The second-order valence-corrected chi connectivity index (χ2v) is 3.70. The highest BCUT2D eigenvalue weighted by Crippen LogP contribution is 2.14. The Labute approximate surface area is 96.8 Å². The molecule has 0 atom stereocenters. The SMILES string of the molecule is C=C/C(C=O)=C\C=C(/C)c1ccc(C)cc1. The summed E-state index contributed by atoms with van der Waals surface area (Å²) in [7, 11) is 0. The number of hydrogen-bond donors (Lipinski definition) is 0. The molecule has 0 unspecified atom stereocenters. The number of carbonyl (C=O) groups is 1. The molecule has 0 amide bonds. The van der Waals surface area contributed by atoms with E-state index in [-0.39, 0.29) is 0 Å². The molecular weight excluding hydrogens is 196 g/mol. The molecule has 82 valence electrons. The van der Waals surface area contributed by atoms with Gasteiger partial charge in [-0.15, -0.1) is 0 Å².